The van der Waals surface area contributed by atoms with E-state index in [2.05, 4.69) is 5.32 Å². The number of nitrogens with one attached hydrogen (secondary N) is 1. The molecule has 1 saturated heterocycles. The lowest BCUT2D eigenvalue weighted by molar-refractivity contribution is -0.126. The summed E-state index contributed by atoms with van der Waals surface area (Å²) in [5.74, 6) is -0.384. The second-order valence-electron chi connectivity index (χ2n) is 7.50. The minimum atomic E-state index is -0.447. The van der Waals surface area contributed by atoms with Crippen molar-refractivity contribution in [2.24, 2.45) is 0 Å². The maximum Gasteiger partial charge on any atom is 0.256 e. The fourth-order valence-corrected chi connectivity index (χ4v) is 4.44. The molecule has 0 aromatic heterocycles. The highest BCUT2D eigenvalue weighted by atomic mass is 16.2. The zero-order valence-corrected chi connectivity index (χ0v) is 14.9. The lowest BCUT2D eigenvalue weighted by atomic mass is 9.95. The summed E-state index contributed by atoms with van der Waals surface area (Å²) in [7, 11) is 0. The number of rotatable bonds is 3. The molecule has 0 bridgehead atoms. The van der Waals surface area contributed by atoms with E-state index in [0.717, 1.165) is 32.1 Å². The molecule has 0 radical (unpaired) electrons. The molecule has 1 aromatic carbocycles. The topological polar surface area (TPSA) is 69.7 Å². The molecule has 6 heteroatoms. The Bertz CT molecular complexity index is 727. The number of benzene rings is 1. The normalized spacial score (nSPS) is 23.5. The van der Waals surface area contributed by atoms with E-state index in [1.54, 1.807) is 23.1 Å². The van der Waals surface area contributed by atoms with Crippen LogP contribution in [0.2, 0.25) is 0 Å². The first-order valence-electron chi connectivity index (χ1n) is 9.66. The third-order valence-corrected chi connectivity index (χ3v) is 5.76. The second kappa shape index (κ2) is 7.09. The van der Waals surface area contributed by atoms with E-state index in [1.807, 2.05) is 6.07 Å². The Balaban J connectivity index is 1.58. The van der Waals surface area contributed by atoms with Crippen molar-refractivity contribution < 1.29 is 14.4 Å². The molecule has 1 aromatic rings. The molecule has 1 atom stereocenters. The minimum absolute atomic E-state index is 0.0238. The molecule has 1 aliphatic carbocycles. The van der Waals surface area contributed by atoms with Gasteiger partial charge in [-0.1, -0.05) is 31.4 Å². The fourth-order valence-electron chi connectivity index (χ4n) is 4.44. The van der Waals surface area contributed by atoms with E-state index in [4.69, 9.17) is 0 Å². The first kappa shape index (κ1) is 17.1. The van der Waals surface area contributed by atoms with Crippen LogP contribution in [0.3, 0.4) is 0 Å². The molecule has 1 N–H and O–H groups in total. The van der Waals surface area contributed by atoms with Gasteiger partial charge in [0.25, 0.3) is 5.91 Å². The Morgan fingerprint density at radius 3 is 2.62 bits per heavy atom. The fraction of sp³-hybridized carbons (Fsp3) is 0.550. The van der Waals surface area contributed by atoms with Gasteiger partial charge in [-0.05, 0) is 37.8 Å². The van der Waals surface area contributed by atoms with Gasteiger partial charge in [-0.3, -0.25) is 14.4 Å². The first-order chi connectivity index (χ1) is 12.6. The molecule has 6 nitrogen and oxygen atoms in total. The van der Waals surface area contributed by atoms with Crippen molar-refractivity contribution in [3.8, 4) is 0 Å². The predicted octanol–water partition coefficient (Wildman–Crippen LogP) is 2.09. The van der Waals surface area contributed by atoms with Gasteiger partial charge in [-0.2, -0.15) is 0 Å². The first-order valence-corrected chi connectivity index (χ1v) is 9.66. The summed E-state index contributed by atoms with van der Waals surface area (Å²) in [6.07, 6.45) is 7.01. The number of para-hydroxylation sites is 1. The highest BCUT2D eigenvalue weighted by Crippen LogP contribution is 2.32. The Kier molecular flexibility index (Phi) is 4.66. The van der Waals surface area contributed by atoms with Crippen LogP contribution in [-0.4, -0.2) is 47.8 Å². The second-order valence-corrected chi connectivity index (χ2v) is 7.50. The van der Waals surface area contributed by atoms with Crippen LogP contribution in [0.5, 0.6) is 0 Å². The summed E-state index contributed by atoms with van der Waals surface area (Å²) in [6, 6.07) is 6.88. The average molecular weight is 355 g/mol. The Labute approximate surface area is 153 Å². The molecular weight excluding hydrogens is 330 g/mol. The number of amides is 3. The Hall–Kier alpha value is -2.37. The highest BCUT2D eigenvalue weighted by Gasteiger charge is 2.42. The molecule has 2 aliphatic heterocycles. The van der Waals surface area contributed by atoms with Crippen LogP contribution in [0.25, 0.3) is 0 Å². The van der Waals surface area contributed by atoms with E-state index < -0.39 is 6.04 Å². The quantitative estimate of drug-likeness (QED) is 0.903. The maximum atomic E-state index is 13.1. The summed E-state index contributed by atoms with van der Waals surface area (Å²) >= 11 is 0. The van der Waals surface area contributed by atoms with Gasteiger partial charge in [0.1, 0.15) is 12.6 Å². The molecule has 3 amide bonds. The van der Waals surface area contributed by atoms with Gasteiger partial charge in [0.05, 0.1) is 11.3 Å². The average Bonchev–Trinajstić information content (AvgIpc) is 3.13. The van der Waals surface area contributed by atoms with Crippen LogP contribution in [0.4, 0.5) is 5.69 Å². The van der Waals surface area contributed by atoms with Crippen LogP contribution in [-0.2, 0) is 9.59 Å². The summed E-state index contributed by atoms with van der Waals surface area (Å²) in [6.45, 7) is 0.579. The number of fused-ring (bicyclic) bond motifs is 2. The predicted molar refractivity (Wildman–Crippen MR) is 97.9 cm³/mol. The summed E-state index contributed by atoms with van der Waals surface area (Å²) in [5, 5.41) is 3.08. The van der Waals surface area contributed by atoms with Crippen LogP contribution in [0.1, 0.15) is 55.3 Å². The zero-order chi connectivity index (χ0) is 18.1. The molecule has 1 saturated carbocycles. The van der Waals surface area contributed by atoms with E-state index in [0.29, 0.717) is 24.2 Å². The number of hydrogen-bond donors (Lipinski definition) is 1. The summed E-state index contributed by atoms with van der Waals surface area (Å²) in [5.41, 5.74) is 1.06. The van der Waals surface area contributed by atoms with Gasteiger partial charge in [0.15, 0.2) is 0 Å². The standard InChI is InChI=1S/C20H25N3O3/c24-18(21-14-7-2-1-3-8-14)13-23-16-10-5-4-9-15(16)19(25)22-12-6-11-17(22)20(23)26/h4-5,9-10,14,17H,1-3,6-8,11-13H2,(H,21,24)/t17-/m1/s1. The third kappa shape index (κ3) is 3.08. The SMILES string of the molecule is O=C(CN1C(=O)[C@H]2CCCN2C(=O)c2ccccc21)NC1CCCCC1. The van der Waals surface area contributed by atoms with Crippen molar-refractivity contribution in [2.45, 2.75) is 57.0 Å². The largest absolute Gasteiger partial charge is 0.352 e. The molecule has 2 fully saturated rings. The van der Waals surface area contributed by atoms with Crippen molar-refractivity contribution in [3.05, 3.63) is 29.8 Å². The van der Waals surface area contributed by atoms with Crippen molar-refractivity contribution in [3.63, 3.8) is 0 Å². The number of carbonyl (C=O) groups is 3. The monoisotopic (exact) mass is 355 g/mol. The van der Waals surface area contributed by atoms with Crippen molar-refractivity contribution in [1.82, 2.24) is 10.2 Å². The van der Waals surface area contributed by atoms with Crippen LogP contribution in [0.15, 0.2) is 24.3 Å². The highest BCUT2D eigenvalue weighted by molar-refractivity contribution is 6.12. The summed E-state index contributed by atoms with van der Waals surface area (Å²) in [4.78, 5) is 41.8. The molecule has 138 valence electrons. The van der Waals surface area contributed by atoms with Crippen molar-refractivity contribution >= 4 is 23.4 Å². The van der Waals surface area contributed by atoms with Crippen LogP contribution in [0, 0.1) is 0 Å². The lowest BCUT2D eigenvalue weighted by Gasteiger charge is -2.27. The van der Waals surface area contributed by atoms with Gasteiger partial charge in [0.2, 0.25) is 11.8 Å². The van der Waals surface area contributed by atoms with Crippen molar-refractivity contribution in [2.75, 3.05) is 18.0 Å². The summed E-state index contributed by atoms with van der Waals surface area (Å²) < 4.78 is 0. The molecule has 2 heterocycles. The molecular formula is C20H25N3O3. The van der Waals surface area contributed by atoms with E-state index in [1.165, 1.54) is 11.3 Å². The van der Waals surface area contributed by atoms with E-state index >= 15 is 0 Å². The van der Waals surface area contributed by atoms with E-state index in [9.17, 15) is 14.4 Å². The number of hydrogen-bond acceptors (Lipinski definition) is 3. The van der Waals surface area contributed by atoms with Gasteiger partial charge in [-0.25, -0.2) is 0 Å². The van der Waals surface area contributed by atoms with Crippen molar-refractivity contribution in [1.29, 1.82) is 0 Å². The number of anilines is 1. The maximum absolute atomic E-state index is 13.1. The smallest absolute Gasteiger partial charge is 0.256 e. The van der Waals surface area contributed by atoms with E-state index in [-0.39, 0.29) is 30.3 Å². The number of nitrogens with zero attached hydrogens (tertiary/aromatic N) is 2. The third-order valence-electron chi connectivity index (χ3n) is 5.76. The lowest BCUT2D eigenvalue weighted by Crippen LogP contribution is -2.49. The molecule has 0 spiro atoms. The Morgan fingerprint density at radius 2 is 1.81 bits per heavy atom. The molecule has 0 unspecified atom stereocenters. The zero-order valence-electron chi connectivity index (χ0n) is 14.9. The molecule has 26 heavy (non-hydrogen) atoms. The minimum Gasteiger partial charge on any atom is -0.352 e. The molecule has 4 rings (SSSR count). The Morgan fingerprint density at radius 1 is 1.04 bits per heavy atom. The van der Waals surface area contributed by atoms with Gasteiger partial charge in [0, 0.05) is 12.6 Å². The van der Waals surface area contributed by atoms with Crippen LogP contribution >= 0.6 is 0 Å². The van der Waals surface area contributed by atoms with Crippen LogP contribution < -0.4 is 10.2 Å². The van der Waals surface area contributed by atoms with Gasteiger partial charge in [-0.15, -0.1) is 0 Å². The number of carbonyl (C=O) groups excluding carboxylic acids is 3. The molecule has 3 aliphatic rings. The van der Waals surface area contributed by atoms with Gasteiger partial charge < -0.3 is 15.1 Å². The van der Waals surface area contributed by atoms with Gasteiger partial charge >= 0.3 is 0 Å².